The second kappa shape index (κ2) is 8.12. The molecule has 0 saturated heterocycles. The Hall–Kier alpha value is -2.36. The number of hydrogen-bond donors (Lipinski definition) is 1. The molecule has 6 nitrogen and oxygen atoms in total. The summed E-state index contributed by atoms with van der Waals surface area (Å²) in [7, 11) is 0. The molecule has 1 aromatic carbocycles. The summed E-state index contributed by atoms with van der Waals surface area (Å²) in [5, 5.41) is 11.9. The van der Waals surface area contributed by atoms with Crippen molar-refractivity contribution in [2.75, 3.05) is 5.32 Å². The van der Waals surface area contributed by atoms with Crippen LogP contribution in [0.25, 0.3) is 9.88 Å². The highest BCUT2D eigenvalue weighted by Crippen LogP contribution is 2.27. The topological polar surface area (TPSA) is 72.7 Å². The molecule has 4 aromatic rings. The van der Waals surface area contributed by atoms with E-state index < -0.39 is 0 Å². The summed E-state index contributed by atoms with van der Waals surface area (Å²) < 4.78 is 2.72. The second-order valence-corrected chi connectivity index (χ2v) is 8.46. The minimum absolute atomic E-state index is 0.181. The van der Waals surface area contributed by atoms with Crippen molar-refractivity contribution in [1.29, 1.82) is 0 Å². The Morgan fingerprint density at radius 1 is 1.19 bits per heavy atom. The van der Waals surface area contributed by atoms with Gasteiger partial charge in [0, 0.05) is 9.85 Å². The van der Waals surface area contributed by atoms with Gasteiger partial charge >= 0.3 is 0 Å². The van der Waals surface area contributed by atoms with Crippen LogP contribution < -0.4 is 5.32 Å². The maximum atomic E-state index is 12.2. The summed E-state index contributed by atoms with van der Waals surface area (Å²) in [5.74, 6) is 0.116. The van der Waals surface area contributed by atoms with Gasteiger partial charge < -0.3 is 0 Å². The lowest BCUT2D eigenvalue weighted by Crippen LogP contribution is -2.16. The number of benzene rings is 1. The van der Waals surface area contributed by atoms with Gasteiger partial charge in [0.05, 0.1) is 23.5 Å². The van der Waals surface area contributed by atoms with Crippen LogP contribution in [0.2, 0.25) is 0 Å². The van der Waals surface area contributed by atoms with E-state index in [0.29, 0.717) is 12.5 Å². The number of nitrogens with zero attached hydrogens (tertiary/aromatic N) is 4. The van der Waals surface area contributed by atoms with E-state index in [1.54, 1.807) is 33.7 Å². The molecule has 0 bridgehead atoms. The second-order valence-electron chi connectivity index (χ2n) is 5.74. The quantitative estimate of drug-likeness (QED) is 0.461. The normalized spacial score (nSPS) is 10.9. The molecule has 0 fully saturated rings. The number of carbonyl (C=O) groups excluding carboxylic acids is 1. The number of rotatable bonds is 6. The maximum absolute atomic E-state index is 12.2. The van der Waals surface area contributed by atoms with Crippen LogP contribution in [-0.2, 0) is 17.8 Å². The molecule has 0 radical (unpaired) electrons. The molecule has 0 atom stereocenters. The Balaban J connectivity index is 1.34. The van der Waals surface area contributed by atoms with Crippen molar-refractivity contribution >= 4 is 50.5 Å². The highest BCUT2D eigenvalue weighted by molar-refractivity contribution is 9.10. The van der Waals surface area contributed by atoms with Gasteiger partial charge in [-0.05, 0) is 29.1 Å². The molecule has 3 aromatic heterocycles. The molecule has 0 aliphatic rings. The molecule has 0 aliphatic heterocycles. The van der Waals surface area contributed by atoms with E-state index in [0.717, 1.165) is 25.6 Å². The molecular formula is C18H14BrN5OS2. The maximum Gasteiger partial charge on any atom is 0.248 e. The van der Waals surface area contributed by atoms with Gasteiger partial charge in [-0.25, -0.2) is 14.6 Å². The van der Waals surface area contributed by atoms with E-state index in [4.69, 9.17) is 0 Å². The Morgan fingerprint density at radius 2 is 2.04 bits per heavy atom. The number of nitrogens with one attached hydrogen (secondary N) is 1. The minimum Gasteiger partial charge on any atom is -0.293 e. The minimum atomic E-state index is -0.181. The lowest BCUT2D eigenvalue weighted by molar-refractivity contribution is -0.115. The first-order valence-corrected chi connectivity index (χ1v) is 10.6. The van der Waals surface area contributed by atoms with Gasteiger partial charge in [-0.1, -0.05) is 34.1 Å². The van der Waals surface area contributed by atoms with E-state index >= 15 is 0 Å². The summed E-state index contributed by atoms with van der Waals surface area (Å²) in [6.07, 6.45) is 1.80. The van der Waals surface area contributed by atoms with Gasteiger partial charge in [-0.2, -0.15) is 0 Å². The third kappa shape index (κ3) is 4.68. The van der Waals surface area contributed by atoms with Crippen molar-refractivity contribution in [1.82, 2.24) is 19.7 Å². The number of anilines is 1. The first kappa shape index (κ1) is 18.0. The molecule has 136 valence electrons. The van der Waals surface area contributed by atoms with Crippen molar-refractivity contribution in [3.05, 3.63) is 69.2 Å². The molecular weight excluding hydrogens is 446 g/mol. The van der Waals surface area contributed by atoms with Crippen molar-refractivity contribution in [2.24, 2.45) is 0 Å². The van der Waals surface area contributed by atoms with Crippen LogP contribution in [-0.4, -0.2) is 25.7 Å². The standard InChI is InChI=1S/C18H14BrN5OS2/c19-13-5-3-12(4-6-13)9-24-11-20-18(23-24)22-16(25)8-14-10-27-17(21-14)15-2-1-7-26-15/h1-7,10-11H,8-9H2,(H,22,23,25). The van der Waals surface area contributed by atoms with Crippen molar-refractivity contribution < 1.29 is 4.79 Å². The van der Waals surface area contributed by atoms with Gasteiger partial charge in [-0.3, -0.25) is 10.1 Å². The fourth-order valence-electron chi connectivity index (χ4n) is 2.44. The summed E-state index contributed by atoms with van der Waals surface area (Å²) in [6.45, 7) is 0.590. The molecule has 0 spiro atoms. The van der Waals surface area contributed by atoms with Gasteiger partial charge in [0.2, 0.25) is 11.9 Å². The molecule has 0 unspecified atom stereocenters. The zero-order valence-corrected chi connectivity index (χ0v) is 17.2. The number of halogens is 1. The van der Waals surface area contributed by atoms with E-state index in [2.05, 4.69) is 36.3 Å². The van der Waals surface area contributed by atoms with Gasteiger partial charge in [0.15, 0.2) is 0 Å². The van der Waals surface area contributed by atoms with Crippen LogP contribution in [0.4, 0.5) is 5.95 Å². The van der Waals surface area contributed by atoms with Gasteiger partial charge in [0.25, 0.3) is 0 Å². The van der Waals surface area contributed by atoms with E-state index in [1.807, 2.05) is 47.2 Å². The highest BCUT2D eigenvalue weighted by atomic mass is 79.9. The molecule has 4 rings (SSSR count). The third-order valence-corrected chi connectivity index (χ3v) is 6.13. The van der Waals surface area contributed by atoms with Crippen LogP contribution in [0, 0.1) is 0 Å². The van der Waals surface area contributed by atoms with Crippen LogP contribution in [0.5, 0.6) is 0 Å². The van der Waals surface area contributed by atoms with E-state index in [9.17, 15) is 4.79 Å². The fraction of sp³-hybridized carbons (Fsp3) is 0.111. The molecule has 0 aliphatic carbocycles. The number of aromatic nitrogens is 4. The molecule has 9 heteroatoms. The first-order chi connectivity index (χ1) is 13.2. The third-order valence-electron chi connectivity index (χ3n) is 3.67. The highest BCUT2D eigenvalue weighted by Gasteiger charge is 2.12. The van der Waals surface area contributed by atoms with Gasteiger partial charge in [0.1, 0.15) is 11.3 Å². The number of hydrogen-bond acceptors (Lipinski definition) is 6. The Morgan fingerprint density at radius 3 is 2.81 bits per heavy atom. The van der Waals surface area contributed by atoms with Crippen molar-refractivity contribution in [3.8, 4) is 9.88 Å². The molecule has 1 N–H and O–H groups in total. The zero-order valence-electron chi connectivity index (χ0n) is 14.0. The molecule has 0 saturated carbocycles. The van der Waals surface area contributed by atoms with Gasteiger partial charge in [-0.15, -0.1) is 27.8 Å². The monoisotopic (exact) mass is 459 g/mol. The van der Waals surface area contributed by atoms with Crippen LogP contribution in [0.1, 0.15) is 11.3 Å². The SMILES string of the molecule is O=C(Cc1csc(-c2cccs2)n1)Nc1ncn(Cc2ccc(Br)cc2)n1. The van der Waals surface area contributed by atoms with E-state index in [-0.39, 0.29) is 12.3 Å². The molecule has 3 heterocycles. The fourth-order valence-corrected chi connectivity index (χ4v) is 4.34. The van der Waals surface area contributed by atoms with Crippen molar-refractivity contribution in [3.63, 3.8) is 0 Å². The van der Waals surface area contributed by atoms with Crippen LogP contribution in [0.3, 0.4) is 0 Å². The Bertz CT molecular complexity index is 1040. The number of carbonyl (C=O) groups is 1. The predicted octanol–water partition coefficient (Wildman–Crippen LogP) is 4.46. The lowest BCUT2D eigenvalue weighted by Gasteiger charge is -2.01. The Labute approximate surface area is 172 Å². The average molecular weight is 460 g/mol. The van der Waals surface area contributed by atoms with Crippen LogP contribution in [0.15, 0.2) is 58.0 Å². The largest absolute Gasteiger partial charge is 0.293 e. The number of amides is 1. The average Bonchev–Trinajstić information content (AvgIpc) is 3.39. The summed E-state index contributed by atoms with van der Waals surface area (Å²) in [6, 6.07) is 12.0. The van der Waals surface area contributed by atoms with Crippen LogP contribution >= 0.6 is 38.6 Å². The number of thiazole rings is 1. The molecule has 1 amide bonds. The zero-order chi connectivity index (χ0) is 18.6. The van der Waals surface area contributed by atoms with Crippen molar-refractivity contribution in [2.45, 2.75) is 13.0 Å². The first-order valence-electron chi connectivity index (χ1n) is 8.08. The molecule has 27 heavy (non-hydrogen) atoms. The smallest absolute Gasteiger partial charge is 0.248 e. The predicted molar refractivity (Wildman–Crippen MR) is 111 cm³/mol. The van der Waals surface area contributed by atoms with E-state index in [1.165, 1.54) is 0 Å². The summed E-state index contributed by atoms with van der Waals surface area (Å²) in [5.41, 5.74) is 1.85. The summed E-state index contributed by atoms with van der Waals surface area (Å²) in [4.78, 5) is 22.0. The lowest BCUT2D eigenvalue weighted by atomic mass is 10.2. The number of thiophene rings is 1. The summed E-state index contributed by atoms with van der Waals surface area (Å²) >= 11 is 6.60. The Kier molecular flexibility index (Phi) is 5.42.